The maximum atomic E-state index is 11.4. The number of carbonyl (C=O) groups is 2. The van der Waals surface area contributed by atoms with Crippen molar-refractivity contribution in [3.8, 4) is 5.75 Å². The fraction of sp³-hybridized carbons (Fsp3) is 0.385. The molecule has 5 nitrogen and oxygen atoms in total. The number of carboxylic acids is 1. The van der Waals surface area contributed by atoms with Crippen LogP contribution in [0.5, 0.6) is 5.75 Å². The average Bonchev–Trinajstić information content (AvgIpc) is 2.34. The molecule has 0 amide bonds. The lowest BCUT2D eigenvalue weighted by atomic mass is 9.97. The second kappa shape index (κ2) is 6.05. The van der Waals surface area contributed by atoms with Crippen LogP contribution in [0.25, 0.3) is 0 Å². The zero-order valence-electron chi connectivity index (χ0n) is 10.6. The highest BCUT2D eigenvalue weighted by Gasteiger charge is 2.28. The Morgan fingerprint density at radius 3 is 2.50 bits per heavy atom. The van der Waals surface area contributed by atoms with Crippen molar-refractivity contribution in [2.24, 2.45) is 5.92 Å². The number of hydrogen-bond donors (Lipinski definition) is 1. The molecule has 0 aliphatic rings. The van der Waals surface area contributed by atoms with Crippen LogP contribution in [0, 0.1) is 12.8 Å². The summed E-state index contributed by atoms with van der Waals surface area (Å²) in [6.07, 6.45) is 0.0485. The Kier molecular flexibility index (Phi) is 4.71. The van der Waals surface area contributed by atoms with Crippen LogP contribution in [0.1, 0.15) is 11.1 Å². The topological polar surface area (TPSA) is 72.8 Å². The second-order valence-electron chi connectivity index (χ2n) is 3.93. The highest BCUT2D eigenvalue weighted by molar-refractivity contribution is 5.94. The van der Waals surface area contributed by atoms with Gasteiger partial charge in [-0.3, -0.25) is 9.59 Å². The maximum absolute atomic E-state index is 11.4. The third kappa shape index (κ3) is 3.23. The molecule has 1 N–H and O–H groups in total. The Hall–Kier alpha value is -2.04. The van der Waals surface area contributed by atoms with Crippen molar-refractivity contribution in [2.45, 2.75) is 13.3 Å². The van der Waals surface area contributed by atoms with Gasteiger partial charge < -0.3 is 14.6 Å². The summed E-state index contributed by atoms with van der Waals surface area (Å²) in [7, 11) is 2.67. The molecule has 1 atom stereocenters. The molecule has 1 aromatic carbocycles. The van der Waals surface area contributed by atoms with Gasteiger partial charge in [-0.25, -0.2) is 0 Å². The molecule has 0 saturated heterocycles. The third-order valence-electron chi connectivity index (χ3n) is 2.64. The summed E-state index contributed by atoms with van der Waals surface area (Å²) in [6, 6.07) is 5.41. The van der Waals surface area contributed by atoms with E-state index in [2.05, 4.69) is 4.74 Å². The number of hydrogen-bond acceptors (Lipinski definition) is 4. The third-order valence-corrected chi connectivity index (χ3v) is 2.64. The van der Waals surface area contributed by atoms with E-state index in [1.54, 1.807) is 12.1 Å². The molecule has 0 aliphatic heterocycles. The van der Waals surface area contributed by atoms with Gasteiger partial charge in [0.05, 0.1) is 14.2 Å². The molecule has 18 heavy (non-hydrogen) atoms. The lowest BCUT2D eigenvalue weighted by Gasteiger charge is -2.13. The van der Waals surface area contributed by atoms with Gasteiger partial charge in [0.1, 0.15) is 5.75 Å². The van der Waals surface area contributed by atoms with Gasteiger partial charge in [-0.1, -0.05) is 17.7 Å². The summed E-state index contributed by atoms with van der Waals surface area (Å²) in [5.41, 5.74) is 1.65. The second-order valence-corrected chi connectivity index (χ2v) is 3.93. The Morgan fingerprint density at radius 2 is 2.00 bits per heavy atom. The number of methoxy groups -OCH3 is 2. The monoisotopic (exact) mass is 252 g/mol. The van der Waals surface area contributed by atoms with Crippen LogP contribution in [-0.4, -0.2) is 31.3 Å². The molecule has 0 spiro atoms. The predicted molar refractivity (Wildman–Crippen MR) is 64.6 cm³/mol. The summed E-state index contributed by atoms with van der Waals surface area (Å²) in [4.78, 5) is 22.4. The molecular formula is C13H16O5. The molecule has 0 saturated carbocycles. The van der Waals surface area contributed by atoms with E-state index in [0.717, 1.165) is 5.56 Å². The van der Waals surface area contributed by atoms with Crippen molar-refractivity contribution in [1.29, 1.82) is 0 Å². The first-order chi connectivity index (χ1) is 8.49. The Labute approximate surface area is 105 Å². The van der Waals surface area contributed by atoms with Crippen molar-refractivity contribution < 1.29 is 24.2 Å². The average molecular weight is 252 g/mol. The highest BCUT2D eigenvalue weighted by atomic mass is 16.5. The quantitative estimate of drug-likeness (QED) is 0.633. The van der Waals surface area contributed by atoms with Crippen molar-refractivity contribution in [3.63, 3.8) is 0 Å². The highest BCUT2D eigenvalue weighted by Crippen LogP contribution is 2.23. The first kappa shape index (κ1) is 14.0. The molecule has 0 radical (unpaired) electrons. The number of aryl methyl sites for hydroxylation is 1. The van der Waals surface area contributed by atoms with Gasteiger partial charge in [-0.05, 0) is 25.0 Å². The van der Waals surface area contributed by atoms with E-state index < -0.39 is 17.9 Å². The SMILES string of the molecule is COC(=O)C(Cc1cc(C)ccc1OC)C(=O)O. The van der Waals surface area contributed by atoms with Gasteiger partial charge in [-0.2, -0.15) is 0 Å². The first-order valence-corrected chi connectivity index (χ1v) is 5.43. The predicted octanol–water partition coefficient (Wildman–Crippen LogP) is 1.42. The van der Waals surface area contributed by atoms with E-state index in [1.165, 1.54) is 14.2 Å². The van der Waals surface area contributed by atoms with Crippen LogP contribution in [0.3, 0.4) is 0 Å². The number of ether oxygens (including phenoxy) is 2. The Morgan fingerprint density at radius 1 is 1.33 bits per heavy atom. The number of carboxylic acid groups (broad SMARTS) is 1. The van der Waals surface area contributed by atoms with Gasteiger partial charge >= 0.3 is 11.9 Å². The molecule has 0 bridgehead atoms. The zero-order valence-corrected chi connectivity index (χ0v) is 10.6. The van der Waals surface area contributed by atoms with Gasteiger partial charge in [-0.15, -0.1) is 0 Å². The molecule has 1 unspecified atom stereocenters. The normalized spacial score (nSPS) is 11.7. The fourth-order valence-electron chi connectivity index (χ4n) is 1.70. The van der Waals surface area contributed by atoms with Crippen molar-refractivity contribution in [2.75, 3.05) is 14.2 Å². The van der Waals surface area contributed by atoms with Crippen molar-refractivity contribution >= 4 is 11.9 Å². The van der Waals surface area contributed by atoms with Crippen molar-refractivity contribution in [1.82, 2.24) is 0 Å². The van der Waals surface area contributed by atoms with Crippen LogP contribution in [0.15, 0.2) is 18.2 Å². The standard InChI is InChI=1S/C13H16O5/c1-8-4-5-11(17-2)9(6-8)7-10(12(14)15)13(16)18-3/h4-6,10H,7H2,1-3H3,(H,14,15). The van der Waals surface area contributed by atoms with Crippen LogP contribution in [0.4, 0.5) is 0 Å². The molecule has 0 fully saturated rings. The minimum atomic E-state index is -1.22. The molecule has 1 rings (SSSR count). The number of aliphatic carboxylic acids is 1. The summed E-state index contributed by atoms with van der Waals surface area (Å²) in [5, 5.41) is 9.03. The molecule has 0 heterocycles. The summed E-state index contributed by atoms with van der Waals surface area (Å²) in [5.74, 6) is -2.61. The number of benzene rings is 1. The molecule has 5 heteroatoms. The van der Waals surface area contributed by atoms with Crippen LogP contribution < -0.4 is 4.74 Å². The van der Waals surface area contributed by atoms with Gasteiger partial charge in [0.15, 0.2) is 5.92 Å². The van der Waals surface area contributed by atoms with Crippen LogP contribution in [0.2, 0.25) is 0 Å². The Balaban J connectivity index is 3.03. The first-order valence-electron chi connectivity index (χ1n) is 5.43. The van der Waals surface area contributed by atoms with E-state index >= 15 is 0 Å². The van der Waals surface area contributed by atoms with Crippen LogP contribution >= 0.6 is 0 Å². The zero-order chi connectivity index (χ0) is 13.7. The Bertz CT molecular complexity index is 453. The summed E-state index contributed by atoms with van der Waals surface area (Å²) >= 11 is 0. The van der Waals surface area contributed by atoms with E-state index in [9.17, 15) is 9.59 Å². The van der Waals surface area contributed by atoms with Crippen molar-refractivity contribution in [3.05, 3.63) is 29.3 Å². The molecule has 0 aliphatic carbocycles. The molecule has 0 aromatic heterocycles. The van der Waals surface area contributed by atoms with Gasteiger partial charge in [0, 0.05) is 0 Å². The number of esters is 1. The maximum Gasteiger partial charge on any atom is 0.320 e. The fourth-order valence-corrected chi connectivity index (χ4v) is 1.70. The van der Waals surface area contributed by atoms with E-state index in [4.69, 9.17) is 9.84 Å². The van der Waals surface area contributed by atoms with E-state index in [-0.39, 0.29) is 6.42 Å². The molecule has 1 aromatic rings. The van der Waals surface area contributed by atoms with E-state index in [1.807, 2.05) is 13.0 Å². The van der Waals surface area contributed by atoms with Gasteiger partial charge in [0.2, 0.25) is 0 Å². The van der Waals surface area contributed by atoms with E-state index in [0.29, 0.717) is 11.3 Å². The molecular weight excluding hydrogens is 236 g/mol. The summed E-state index contributed by atoms with van der Waals surface area (Å²) < 4.78 is 9.64. The summed E-state index contributed by atoms with van der Waals surface area (Å²) in [6.45, 7) is 1.89. The molecule has 98 valence electrons. The number of carbonyl (C=O) groups excluding carboxylic acids is 1. The smallest absolute Gasteiger partial charge is 0.320 e. The van der Waals surface area contributed by atoms with Crippen LogP contribution in [-0.2, 0) is 20.7 Å². The minimum absolute atomic E-state index is 0.0485. The largest absolute Gasteiger partial charge is 0.496 e. The lowest BCUT2D eigenvalue weighted by Crippen LogP contribution is -2.27. The van der Waals surface area contributed by atoms with Gasteiger partial charge in [0.25, 0.3) is 0 Å². The minimum Gasteiger partial charge on any atom is -0.496 e. The lowest BCUT2D eigenvalue weighted by molar-refractivity contribution is -0.156. The number of rotatable bonds is 5.